The fraction of sp³-hybridized carbons (Fsp3) is 0.304. The Kier molecular flexibility index (Phi) is 6.22. The summed E-state index contributed by atoms with van der Waals surface area (Å²) in [6, 6.07) is 8.81. The van der Waals surface area contributed by atoms with Gasteiger partial charge in [0.05, 0.1) is 16.6 Å². The predicted octanol–water partition coefficient (Wildman–Crippen LogP) is 3.71. The zero-order valence-corrected chi connectivity index (χ0v) is 18.8. The van der Waals surface area contributed by atoms with Crippen LogP contribution in [0.2, 0.25) is 0 Å². The number of hydrogen-bond acceptors (Lipinski definition) is 7. The number of piperidine rings is 1. The van der Waals surface area contributed by atoms with Crippen LogP contribution >= 0.6 is 0 Å². The van der Waals surface area contributed by atoms with Crippen LogP contribution in [-0.4, -0.2) is 62.2 Å². The number of carbonyl (C=O) groups excluding carboxylic acids is 1. The van der Waals surface area contributed by atoms with Crippen LogP contribution in [0.5, 0.6) is 5.75 Å². The predicted molar refractivity (Wildman–Crippen MR) is 125 cm³/mol. The molecule has 10 nitrogen and oxygen atoms in total. The van der Waals surface area contributed by atoms with Gasteiger partial charge >= 0.3 is 6.36 Å². The number of aliphatic hydroxyl groups is 1. The number of aliphatic hydroxyl groups excluding tert-OH is 1. The van der Waals surface area contributed by atoms with Crippen molar-refractivity contribution in [3.8, 4) is 17.3 Å². The van der Waals surface area contributed by atoms with Crippen molar-refractivity contribution in [1.29, 1.82) is 0 Å². The van der Waals surface area contributed by atoms with Gasteiger partial charge in [-0.2, -0.15) is 5.10 Å². The summed E-state index contributed by atoms with van der Waals surface area (Å²) in [6.45, 7) is 1.81. The van der Waals surface area contributed by atoms with Gasteiger partial charge in [0, 0.05) is 38.0 Å². The first-order valence-electron chi connectivity index (χ1n) is 11.2. The number of imidazole rings is 1. The summed E-state index contributed by atoms with van der Waals surface area (Å²) < 4.78 is 41.3. The summed E-state index contributed by atoms with van der Waals surface area (Å²) in [5.41, 5.74) is 1.57. The summed E-state index contributed by atoms with van der Waals surface area (Å²) in [7, 11) is 0. The minimum absolute atomic E-state index is 0.198. The number of aromatic amines is 2. The summed E-state index contributed by atoms with van der Waals surface area (Å²) >= 11 is 0. The van der Waals surface area contributed by atoms with Crippen molar-refractivity contribution in [3.63, 3.8) is 0 Å². The zero-order valence-electron chi connectivity index (χ0n) is 18.8. The highest BCUT2D eigenvalue weighted by Gasteiger charge is 2.31. The molecule has 1 aromatic carbocycles. The van der Waals surface area contributed by atoms with Crippen LogP contribution in [-0.2, 0) is 0 Å². The molecule has 0 radical (unpaired) electrons. The Morgan fingerprint density at radius 3 is 2.69 bits per heavy atom. The number of halogens is 3. The van der Waals surface area contributed by atoms with Gasteiger partial charge < -0.3 is 25.0 Å². The van der Waals surface area contributed by atoms with E-state index in [1.54, 1.807) is 18.2 Å². The van der Waals surface area contributed by atoms with E-state index < -0.39 is 12.3 Å². The number of nitrogens with zero attached hydrogens (tertiary/aromatic N) is 4. The van der Waals surface area contributed by atoms with Gasteiger partial charge in [0.2, 0.25) is 0 Å². The molecule has 0 unspecified atom stereocenters. The lowest BCUT2D eigenvalue weighted by Crippen LogP contribution is -2.35. The van der Waals surface area contributed by atoms with Gasteiger partial charge in [-0.25, -0.2) is 9.97 Å². The zero-order chi connectivity index (χ0) is 25.3. The van der Waals surface area contributed by atoms with E-state index in [0.29, 0.717) is 28.5 Å². The molecule has 36 heavy (non-hydrogen) atoms. The number of pyridine rings is 1. The van der Waals surface area contributed by atoms with Crippen LogP contribution in [0.15, 0.2) is 42.6 Å². The SMILES string of the molecule is O=C(Nc1cc(-c2nc3cc(OC(F)(F)F)ccc3[nH]2)[nH]n1)c1ccc(N2CCC(CO)CC2)nc1. The number of alkyl halides is 3. The first-order valence-corrected chi connectivity index (χ1v) is 11.2. The van der Waals surface area contributed by atoms with Crippen LogP contribution in [0.3, 0.4) is 0 Å². The second-order valence-electron chi connectivity index (χ2n) is 8.45. The number of ether oxygens (including phenoxy) is 1. The van der Waals surface area contributed by atoms with Gasteiger partial charge in [-0.05, 0) is 43.0 Å². The number of H-pyrrole nitrogens is 2. The molecule has 0 atom stereocenters. The molecular formula is C23H22F3N7O3. The molecule has 3 aromatic heterocycles. The van der Waals surface area contributed by atoms with Gasteiger partial charge in [0.25, 0.3) is 5.91 Å². The van der Waals surface area contributed by atoms with Gasteiger partial charge in [-0.1, -0.05) is 0 Å². The molecule has 1 fully saturated rings. The number of benzene rings is 1. The number of rotatable bonds is 6. The third-order valence-corrected chi connectivity index (χ3v) is 5.97. The minimum Gasteiger partial charge on any atom is -0.406 e. The molecule has 188 valence electrons. The van der Waals surface area contributed by atoms with E-state index in [0.717, 1.165) is 31.7 Å². The molecule has 0 bridgehead atoms. The largest absolute Gasteiger partial charge is 0.573 e. The van der Waals surface area contributed by atoms with Crippen molar-refractivity contribution in [2.24, 2.45) is 5.92 Å². The quantitative estimate of drug-likeness (QED) is 0.317. The van der Waals surface area contributed by atoms with Crippen LogP contribution in [0, 0.1) is 5.92 Å². The van der Waals surface area contributed by atoms with E-state index in [1.807, 2.05) is 0 Å². The average Bonchev–Trinajstić information content (AvgIpc) is 3.50. The van der Waals surface area contributed by atoms with Crippen molar-refractivity contribution >= 4 is 28.6 Å². The molecule has 1 amide bonds. The number of anilines is 2. The molecule has 4 aromatic rings. The number of hydrogen-bond donors (Lipinski definition) is 4. The summed E-state index contributed by atoms with van der Waals surface area (Å²) in [4.78, 5) is 26.4. The fourth-order valence-corrected chi connectivity index (χ4v) is 4.06. The second kappa shape index (κ2) is 9.49. The highest BCUT2D eigenvalue weighted by Crippen LogP contribution is 2.28. The Bertz CT molecular complexity index is 1360. The van der Waals surface area contributed by atoms with Crippen LogP contribution in [0.1, 0.15) is 23.2 Å². The van der Waals surface area contributed by atoms with E-state index in [9.17, 15) is 23.1 Å². The van der Waals surface area contributed by atoms with E-state index in [4.69, 9.17) is 0 Å². The number of nitrogens with one attached hydrogen (secondary N) is 3. The second-order valence-corrected chi connectivity index (χ2v) is 8.45. The molecule has 0 aliphatic carbocycles. The number of amides is 1. The molecule has 1 aliphatic rings. The van der Waals surface area contributed by atoms with E-state index in [2.05, 4.69) is 40.1 Å². The van der Waals surface area contributed by atoms with Gasteiger partial charge in [0.15, 0.2) is 11.6 Å². The normalized spacial score (nSPS) is 14.8. The third kappa shape index (κ3) is 5.25. The molecule has 5 rings (SSSR count). The van der Waals surface area contributed by atoms with E-state index in [-0.39, 0.29) is 23.7 Å². The summed E-state index contributed by atoms with van der Waals surface area (Å²) in [5.74, 6) is 0.901. The molecule has 0 saturated carbocycles. The maximum absolute atomic E-state index is 12.6. The molecule has 0 spiro atoms. The first kappa shape index (κ1) is 23.6. The highest BCUT2D eigenvalue weighted by molar-refractivity contribution is 6.03. The Hall–Kier alpha value is -4.13. The van der Waals surface area contributed by atoms with E-state index in [1.165, 1.54) is 24.4 Å². The Labute approximate surface area is 202 Å². The lowest BCUT2D eigenvalue weighted by Gasteiger charge is -2.31. The minimum atomic E-state index is -4.79. The molecule has 1 aliphatic heterocycles. The van der Waals surface area contributed by atoms with Crippen molar-refractivity contribution in [1.82, 2.24) is 25.1 Å². The molecule has 1 saturated heterocycles. The van der Waals surface area contributed by atoms with Crippen molar-refractivity contribution in [3.05, 3.63) is 48.2 Å². The first-order chi connectivity index (χ1) is 17.3. The maximum Gasteiger partial charge on any atom is 0.573 e. The lowest BCUT2D eigenvalue weighted by molar-refractivity contribution is -0.274. The summed E-state index contributed by atoms with van der Waals surface area (Å²) in [6.07, 6.45) is -1.50. The number of carbonyl (C=O) groups is 1. The molecule has 4 N–H and O–H groups in total. The molecular weight excluding hydrogens is 479 g/mol. The van der Waals surface area contributed by atoms with Gasteiger partial charge in [0.1, 0.15) is 17.3 Å². The number of aromatic nitrogens is 5. The molecule has 13 heteroatoms. The third-order valence-electron chi connectivity index (χ3n) is 5.97. The monoisotopic (exact) mass is 501 g/mol. The lowest BCUT2D eigenvalue weighted by atomic mass is 9.98. The Morgan fingerprint density at radius 1 is 1.19 bits per heavy atom. The van der Waals surface area contributed by atoms with Crippen molar-refractivity contribution in [2.45, 2.75) is 19.2 Å². The standard InChI is InChI=1S/C23H22F3N7O3/c24-23(25,26)36-15-2-3-16-17(9-15)29-21(28-16)18-10-19(32-31-18)30-22(35)14-1-4-20(27-11-14)33-7-5-13(12-34)6-8-33/h1-4,9-11,13,34H,5-8,12H2,(H,28,29)(H2,30,31,32,35). The van der Waals surface area contributed by atoms with Crippen LogP contribution in [0.4, 0.5) is 24.8 Å². The van der Waals surface area contributed by atoms with Gasteiger partial charge in [-0.3, -0.25) is 9.89 Å². The maximum atomic E-state index is 12.6. The number of fused-ring (bicyclic) bond motifs is 1. The molecule has 4 heterocycles. The van der Waals surface area contributed by atoms with Crippen molar-refractivity contribution in [2.75, 3.05) is 29.9 Å². The highest BCUT2D eigenvalue weighted by atomic mass is 19.4. The van der Waals surface area contributed by atoms with Crippen molar-refractivity contribution < 1.29 is 27.8 Å². The Morgan fingerprint density at radius 2 is 2.00 bits per heavy atom. The summed E-state index contributed by atoms with van der Waals surface area (Å²) in [5, 5.41) is 18.8. The van der Waals surface area contributed by atoms with Crippen LogP contribution in [0.25, 0.3) is 22.6 Å². The average molecular weight is 501 g/mol. The topological polar surface area (TPSA) is 132 Å². The Balaban J connectivity index is 1.24. The fourth-order valence-electron chi connectivity index (χ4n) is 4.06. The van der Waals surface area contributed by atoms with Gasteiger partial charge in [-0.15, -0.1) is 13.2 Å². The van der Waals surface area contributed by atoms with Crippen LogP contribution < -0.4 is 15.0 Å². The smallest absolute Gasteiger partial charge is 0.406 e. The van der Waals surface area contributed by atoms with E-state index >= 15 is 0 Å².